The fourth-order valence-corrected chi connectivity index (χ4v) is 3.24. The molecule has 5 nitrogen and oxygen atoms in total. The summed E-state index contributed by atoms with van der Waals surface area (Å²) in [6.07, 6.45) is -6.12. The van der Waals surface area contributed by atoms with Crippen LogP contribution in [0.3, 0.4) is 0 Å². The molecule has 0 aliphatic heterocycles. The van der Waals surface area contributed by atoms with Gasteiger partial charge in [-0.2, -0.15) is 22.0 Å². The molecule has 2 rings (SSSR count). The standard InChI is InChI=1S/C21H21BrF5NO4/c1-11-9-12(5-8-15(11)28-18(29)32-19(2,3)4)20(30,21(25,26)27)14-7-6-13(22)10-16(14)31-17(23)24/h5-10,17,30H,1-4H3,(H,28,29). The summed E-state index contributed by atoms with van der Waals surface area (Å²) in [5, 5.41) is 13.3. The second-order valence-corrected chi connectivity index (χ2v) is 8.80. The van der Waals surface area contributed by atoms with E-state index in [0.29, 0.717) is 0 Å². The normalized spacial score (nSPS) is 14.1. The smallest absolute Gasteiger partial charge is 0.425 e. The molecule has 0 fully saturated rings. The molecule has 2 aromatic rings. The van der Waals surface area contributed by atoms with Gasteiger partial charge in [-0.3, -0.25) is 5.32 Å². The van der Waals surface area contributed by atoms with Gasteiger partial charge in [0.25, 0.3) is 0 Å². The molecule has 2 aromatic carbocycles. The van der Waals surface area contributed by atoms with Gasteiger partial charge in [0, 0.05) is 15.7 Å². The Balaban J connectivity index is 2.56. The van der Waals surface area contributed by atoms with E-state index in [1.54, 1.807) is 20.8 Å². The zero-order valence-electron chi connectivity index (χ0n) is 17.5. The predicted molar refractivity (Wildman–Crippen MR) is 111 cm³/mol. The molecule has 0 radical (unpaired) electrons. The van der Waals surface area contributed by atoms with E-state index in [1.807, 2.05) is 0 Å². The average Bonchev–Trinajstić information content (AvgIpc) is 2.60. The average molecular weight is 526 g/mol. The molecule has 11 heteroatoms. The number of ether oxygens (including phenoxy) is 2. The van der Waals surface area contributed by atoms with Crippen molar-refractivity contribution in [2.45, 2.75) is 51.7 Å². The Morgan fingerprint density at radius 3 is 2.22 bits per heavy atom. The van der Waals surface area contributed by atoms with Crippen LogP contribution in [0, 0.1) is 6.92 Å². The maximum absolute atomic E-state index is 14.1. The Labute approximate surface area is 189 Å². The Morgan fingerprint density at radius 2 is 1.72 bits per heavy atom. The minimum absolute atomic E-state index is 0.146. The zero-order chi connectivity index (χ0) is 24.5. The van der Waals surface area contributed by atoms with Crippen LogP contribution >= 0.6 is 15.9 Å². The van der Waals surface area contributed by atoms with Crippen LogP contribution in [0.2, 0.25) is 0 Å². The van der Waals surface area contributed by atoms with Gasteiger partial charge in [-0.1, -0.05) is 34.1 Å². The number of amides is 1. The maximum atomic E-state index is 14.1. The topological polar surface area (TPSA) is 67.8 Å². The molecule has 0 spiro atoms. The zero-order valence-corrected chi connectivity index (χ0v) is 19.1. The summed E-state index contributed by atoms with van der Waals surface area (Å²) in [5.74, 6) is -0.845. The van der Waals surface area contributed by atoms with E-state index >= 15 is 0 Å². The van der Waals surface area contributed by atoms with Gasteiger partial charge in [-0.25, -0.2) is 4.79 Å². The highest BCUT2D eigenvalue weighted by atomic mass is 79.9. The number of benzene rings is 2. The highest BCUT2D eigenvalue weighted by Gasteiger charge is 2.57. The fourth-order valence-electron chi connectivity index (χ4n) is 2.90. The van der Waals surface area contributed by atoms with Crippen LogP contribution in [0.5, 0.6) is 5.75 Å². The van der Waals surface area contributed by atoms with Crippen molar-refractivity contribution < 1.29 is 41.3 Å². The van der Waals surface area contributed by atoms with Crippen LogP contribution in [0.25, 0.3) is 0 Å². The molecule has 1 atom stereocenters. The van der Waals surface area contributed by atoms with Crippen LogP contribution in [0.4, 0.5) is 32.4 Å². The molecule has 0 aromatic heterocycles. The second kappa shape index (κ2) is 9.22. The van der Waals surface area contributed by atoms with Crippen molar-refractivity contribution in [3.8, 4) is 5.75 Å². The number of hydrogen-bond donors (Lipinski definition) is 2. The van der Waals surface area contributed by atoms with Crippen molar-refractivity contribution in [1.29, 1.82) is 0 Å². The highest BCUT2D eigenvalue weighted by Crippen LogP contribution is 2.48. The molecule has 0 saturated heterocycles. The van der Waals surface area contributed by atoms with Gasteiger partial charge in [-0.05, 0) is 57.0 Å². The minimum Gasteiger partial charge on any atom is -0.444 e. The van der Waals surface area contributed by atoms with E-state index in [0.717, 1.165) is 36.4 Å². The summed E-state index contributed by atoms with van der Waals surface area (Å²) < 4.78 is 77.6. The van der Waals surface area contributed by atoms with Crippen molar-refractivity contribution in [3.63, 3.8) is 0 Å². The number of aliphatic hydroxyl groups is 1. The molecule has 0 aliphatic rings. The molecular formula is C21H21BrF5NO4. The number of anilines is 1. The molecule has 2 N–H and O–H groups in total. The summed E-state index contributed by atoms with van der Waals surface area (Å²) in [7, 11) is 0. The van der Waals surface area contributed by atoms with Gasteiger partial charge in [0.15, 0.2) is 0 Å². The first-order chi connectivity index (χ1) is 14.5. The number of aryl methyl sites for hydroxylation is 1. The molecule has 0 bridgehead atoms. The summed E-state index contributed by atoms with van der Waals surface area (Å²) in [4.78, 5) is 12.0. The summed E-state index contributed by atoms with van der Waals surface area (Å²) >= 11 is 2.98. The first kappa shape index (κ1) is 25.9. The van der Waals surface area contributed by atoms with E-state index in [9.17, 15) is 31.9 Å². The molecule has 1 unspecified atom stereocenters. The lowest BCUT2D eigenvalue weighted by atomic mass is 9.84. The largest absolute Gasteiger partial charge is 0.444 e. The van der Waals surface area contributed by atoms with E-state index in [2.05, 4.69) is 26.0 Å². The number of carbonyl (C=O) groups is 1. The molecule has 1 amide bonds. The van der Waals surface area contributed by atoms with Crippen LogP contribution < -0.4 is 10.1 Å². The van der Waals surface area contributed by atoms with E-state index in [4.69, 9.17) is 4.74 Å². The second-order valence-electron chi connectivity index (χ2n) is 7.88. The molecular weight excluding hydrogens is 505 g/mol. The molecule has 0 saturated carbocycles. The molecule has 0 heterocycles. The number of alkyl halides is 5. The van der Waals surface area contributed by atoms with Gasteiger partial charge < -0.3 is 14.6 Å². The lowest BCUT2D eigenvalue weighted by molar-refractivity contribution is -0.249. The van der Waals surface area contributed by atoms with Gasteiger partial charge >= 0.3 is 18.9 Å². The highest BCUT2D eigenvalue weighted by molar-refractivity contribution is 9.10. The predicted octanol–water partition coefficient (Wildman–Crippen LogP) is 6.50. The summed E-state index contributed by atoms with van der Waals surface area (Å²) in [6.45, 7) is 2.92. The third-order valence-electron chi connectivity index (χ3n) is 4.24. The van der Waals surface area contributed by atoms with Crippen molar-refractivity contribution in [2.75, 3.05) is 5.32 Å². The quantitative estimate of drug-likeness (QED) is 0.437. The number of carbonyl (C=O) groups excluding carboxylic acids is 1. The van der Waals surface area contributed by atoms with Crippen LogP contribution in [-0.2, 0) is 10.3 Å². The SMILES string of the molecule is Cc1cc(C(O)(c2ccc(Br)cc2OC(F)F)C(F)(F)F)ccc1NC(=O)OC(C)(C)C. The number of halogens is 6. The first-order valence-electron chi connectivity index (χ1n) is 9.19. The van der Waals surface area contributed by atoms with Gasteiger partial charge in [0.05, 0.1) is 0 Å². The molecule has 176 valence electrons. The van der Waals surface area contributed by atoms with Crippen molar-refractivity contribution in [3.05, 3.63) is 57.6 Å². The third kappa shape index (κ3) is 5.89. The lowest BCUT2D eigenvalue weighted by Gasteiger charge is -2.33. The Hall–Kier alpha value is -2.40. The van der Waals surface area contributed by atoms with Crippen molar-refractivity contribution in [2.24, 2.45) is 0 Å². The summed E-state index contributed by atoms with van der Waals surface area (Å²) in [6, 6.07) is 5.99. The van der Waals surface area contributed by atoms with Crippen LogP contribution in [0.15, 0.2) is 40.9 Å². The van der Waals surface area contributed by atoms with Gasteiger partial charge in [0.2, 0.25) is 5.60 Å². The van der Waals surface area contributed by atoms with Crippen LogP contribution in [-0.4, -0.2) is 29.6 Å². The van der Waals surface area contributed by atoms with E-state index in [1.165, 1.54) is 6.92 Å². The minimum atomic E-state index is -5.30. The monoisotopic (exact) mass is 525 g/mol. The molecule has 32 heavy (non-hydrogen) atoms. The number of rotatable bonds is 5. The Bertz CT molecular complexity index is 991. The Kier molecular flexibility index (Phi) is 7.45. The van der Waals surface area contributed by atoms with E-state index < -0.39 is 47.0 Å². The summed E-state index contributed by atoms with van der Waals surface area (Å²) in [5.41, 5.74) is -5.72. The van der Waals surface area contributed by atoms with Crippen molar-refractivity contribution >= 4 is 27.7 Å². The third-order valence-corrected chi connectivity index (χ3v) is 4.73. The maximum Gasteiger partial charge on any atom is 0.425 e. The van der Waals surface area contributed by atoms with Crippen LogP contribution in [0.1, 0.15) is 37.5 Å². The van der Waals surface area contributed by atoms with Gasteiger partial charge in [-0.15, -0.1) is 0 Å². The van der Waals surface area contributed by atoms with E-state index in [-0.39, 0.29) is 15.7 Å². The van der Waals surface area contributed by atoms with Gasteiger partial charge in [0.1, 0.15) is 11.4 Å². The molecule has 0 aliphatic carbocycles. The number of hydrogen-bond acceptors (Lipinski definition) is 4. The number of nitrogens with one attached hydrogen (secondary N) is 1. The first-order valence-corrected chi connectivity index (χ1v) is 9.99. The van der Waals surface area contributed by atoms with Crippen molar-refractivity contribution in [1.82, 2.24) is 0 Å². The Morgan fingerprint density at radius 1 is 1.09 bits per heavy atom. The lowest BCUT2D eigenvalue weighted by Crippen LogP contribution is -2.43. The fraction of sp³-hybridized carbons (Fsp3) is 0.381.